The summed E-state index contributed by atoms with van der Waals surface area (Å²) < 4.78 is 38.0. The molecule has 4 saturated carbocycles. The standard InChI is InChI=1S/C26H35F3O5/c1-13(4-7-19(31)23(34)26(27,28)29)16-5-6-17-22-18(12-21(33)25(16,17)3)24(2)9-8-15(30)10-14(24)11-20(22)32/h13-14,16-18,22-23,34H,4-12H2,1-3H3/t13-,14?,16-,17+,18+,22+,23?,24+,25-/m1/s1. The predicted octanol–water partition coefficient (Wildman–Crippen LogP) is 4.48. The van der Waals surface area contributed by atoms with E-state index in [9.17, 15) is 37.5 Å². The van der Waals surface area contributed by atoms with Crippen molar-refractivity contribution in [2.45, 2.75) is 90.8 Å². The number of aliphatic hydroxyl groups is 1. The van der Waals surface area contributed by atoms with Gasteiger partial charge in [0.25, 0.3) is 0 Å². The summed E-state index contributed by atoms with van der Waals surface area (Å²) in [6, 6.07) is 0. The minimum Gasteiger partial charge on any atom is -0.377 e. The Morgan fingerprint density at radius 1 is 1.09 bits per heavy atom. The van der Waals surface area contributed by atoms with E-state index in [-0.39, 0.29) is 64.7 Å². The van der Waals surface area contributed by atoms with Crippen LogP contribution < -0.4 is 0 Å². The van der Waals surface area contributed by atoms with Crippen LogP contribution in [0.5, 0.6) is 0 Å². The van der Waals surface area contributed by atoms with Gasteiger partial charge >= 0.3 is 6.18 Å². The molecule has 0 amide bonds. The molecule has 4 aliphatic rings. The van der Waals surface area contributed by atoms with E-state index < -0.39 is 29.9 Å². The molecule has 34 heavy (non-hydrogen) atoms. The van der Waals surface area contributed by atoms with Crippen LogP contribution >= 0.6 is 0 Å². The summed E-state index contributed by atoms with van der Waals surface area (Å²) in [5.41, 5.74) is -0.942. The largest absolute Gasteiger partial charge is 0.421 e. The second-order valence-electron chi connectivity index (χ2n) is 11.9. The average Bonchev–Trinajstić information content (AvgIpc) is 3.11. The number of aliphatic hydroxyl groups excluding tert-OH is 1. The second-order valence-corrected chi connectivity index (χ2v) is 11.9. The molecule has 0 spiro atoms. The molecule has 4 rings (SSSR count). The van der Waals surface area contributed by atoms with Gasteiger partial charge in [0.2, 0.25) is 6.10 Å². The first kappa shape index (κ1) is 25.5. The average molecular weight is 485 g/mol. The summed E-state index contributed by atoms with van der Waals surface area (Å²) >= 11 is 0. The zero-order valence-corrected chi connectivity index (χ0v) is 20.1. The fraction of sp³-hybridized carbons (Fsp3) is 0.846. The summed E-state index contributed by atoms with van der Waals surface area (Å²) in [5, 5.41) is 9.22. The Labute approximate surface area is 198 Å². The lowest BCUT2D eigenvalue weighted by atomic mass is 9.44. The van der Waals surface area contributed by atoms with E-state index in [1.807, 2.05) is 13.8 Å². The summed E-state index contributed by atoms with van der Waals surface area (Å²) in [6.07, 6.45) is -4.46. The first-order valence-corrected chi connectivity index (χ1v) is 12.6. The highest BCUT2D eigenvalue weighted by Gasteiger charge is 2.66. The quantitative estimate of drug-likeness (QED) is 0.622. The number of Topliss-reactive ketones (excluding diaryl/α,β-unsaturated/α-hetero) is 4. The van der Waals surface area contributed by atoms with Gasteiger partial charge in [0.15, 0.2) is 5.78 Å². The van der Waals surface area contributed by atoms with Gasteiger partial charge in [-0.05, 0) is 60.7 Å². The number of alkyl halides is 3. The lowest BCUT2D eigenvalue weighted by Crippen LogP contribution is -2.60. The summed E-state index contributed by atoms with van der Waals surface area (Å²) in [4.78, 5) is 51.0. The number of halogens is 3. The molecule has 0 bridgehead atoms. The predicted molar refractivity (Wildman–Crippen MR) is 116 cm³/mol. The van der Waals surface area contributed by atoms with Gasteiger partial charge in [-0.1, -0.05) is 20.8 Å². The van der Waals surface area contributed by atoms with Crippen LogP contribution in [0.1, 0.15) is 78.6 Å². The molecular weight excluding hydrogens is 449 g/mol. The number of hydrogen-bond donors (Lipinski definition) is 1. The maximum Gasteiger partial charge on any atom is 0.421 e. The molecule has 4 fully saturated rings. The summed E-state index contributed by atoms with van der Waals surface area (Å²) in [7, 11) is 0. The Bertz CT molecular complexity index is 897. The van der Waals surface area contributed by atoms with E-state index in [2.05, 4.69) is 6.92 Å². The highest BCUT2D eigenvalue weighted by molar-refractivity contribution is 5.93. The van der Waals surface area contributed by atoms with Crippen LogP contribution in [0.3, 0.4) is 0 Å². The van der Waals surface area contributed by atoms with Gasteiger partial charge in [-0.25, -0.2) is 0 Å². The van der Waals surface area contributed by atoms with Crippen molar-refractivity contribution in [3.05, 3.63) is 0 Å². The maximum atomic E-state index is 13.7. The molecule has 0 aromatic rings. The second kappa shape index (κ2) is 8.52. The third-order valence-electron chi connectivity index (χ3n) is 10.4. The van der Waals surface area contributed by atoms with E-state index >= 15 is 0 Å². The third kappa shape index (κ3) is 3.88. The van der Waals surface area contributed by atoms with Crippen molar-refractivity contribution < 1.29 is 37.5 Å². The van der Waals surface area contributed by atoms with Crippen LogP contribution in [0, 0.1) is 46.3 Å². The van der Waals surface area contributed by atoms with Crippen molar-refractivity contribution in [1.82, 2.24) is 0 Å². The Balaban J connectivity index is 1.52. The lowest BCUT2D eigenvalue weighted by Gasteiger charge is -2.58. The third-order valence-corrected chi connectivity index (χ3v) is 10.4. The van der Waals surface area contributed by atoms with Crippen molar-refractivity contribution in [1.29, 1.82) is 0 Å². The van der Waals surface area contributed by atoms with Gasteiger partial charge in [0.05, 0.1) is 0 Å². The van der Waals surface area contributed by atoms with Crippen molar-refractivity contribution in [3.8, 4) is 0 Å². The molecule has 9 atom stereocenters. The van der Waals surface area contributed by atoms with Crippen molar-refractivity contribution in [2.24, 2.45) is 46.3 Å². The van der Waals surface area contributed by atoms with Crippen molar-refractivity contribution >= 4 is 23.1 Å². The normalized spacial score (nSPS) is 42.0. The van der Waals surface area contributed by atoms with Gasteiger partial charge in [-0.2, -0.15) is 13.2 Å². The van der Waals surface area contributed by atoms with Gasteiger partial charge < -0.3 is 5.11 Å². The Morgan fingerprint density at radius 2 is 1.76 bits per heavy atom. The highest BCUT2D eigenvalue weighted by Crippen LogP contribution is 2.66. The summed E-state index contributed by atoms with van der Waals surface area (Å²) in [6.45, 7) is 5.93. The molecule has 8 heteroatoms. The Kier molecular flexibility index (Phi) is 6.40. The van der Waals surface area contributed by atoms with E-state index in [1.54, 1.807) is 0 Å². The van der Waals surface area contributed by atoms with Crippen LogP contribution in [0.25, 0.3) is 0 Å². The van der Waals surface area contributed by atoms with Gasteiger partial charge in [-0.3, -0.25) is 19.2 Å². The molecule has 1 N–H and O–H groups in total. The van der Waals surface area contributed by atoms with Crippen molar-refractivity contribution in [2.75, 3.05) is 0 Å². The van der Waals surface area contributed by atoms with E-state index in [1.165, 1.54) is 0 Å². The highest BCUT2D eigenvalue weighted by atomic mass is 19.4. The number of rotatable bonds is 5. The van der Waals surface area contributed by atoms with Crippen LogP contribution in [0.2, 0.25) is 0 Å². The Morgan fingerprint density at radius 3 is 2.41 bits per heavy atom. The molecule has 5 nitrogen and oxygen atoms in total. The molecule has 0 heterocycles. The van der Waals surface area contributed by atoms with Gasteiger partial charge in [0.1, 0.15) is 17.3 Å². The van der Waals surface area contributed by atoms with Crippen LogP contribution in [0.15, 0.2) is 0 Å². The molecule has 0 aliphatic heterocycles. The van der Waals surface area contributed by atoms with Crippen LogP contribution in [-0.2, 0) is 19.2 Å². The fourth-order valence-corrected chi connectivity index (χ4v) is 8.28. The van der Waals surface area contributed by atoms with Gasteiger partial charge in [0, 0.05) is 43.4 Å². The van der Waals surface area contributed by atoms with Crippen LogP contribution in [-0.4, -0.2) is 40.5 Å². The lowest BCUT2D eigenvalue weighted by molar-refractivity contribution is -0.204. The minimum absolute atomic E-state index is 0.00172. The van der Waals surface area contributed by atoms with E-state index in [0.717, 1.165) is 0 Å². The number of carbonyl (C=O) groups excluding carboxylic acids is 4. The topological polar surface area (TPSA) is 88.5 Å². The SMILES string of the molecule is C[C@H](CCC(=O)C(O)C(F)(F)F)[C@H]1CC[C@H]2[C@@H]3C(=O)CC4CC(=O)CC[C@]4(C)[C@H]3CC(=O)[C@]12C. The molecule has 0 aromatic heterocycles. The number of fused-ring (bicyclic) bond motifs is 5. The zero-order chi connectivity index (χ0) is 25.2. The fourth-order valence-electron chi connectivity index (χ4n) is 8.28. The minimum atomic E-state index is -4.97. The number of hydrogen-bond acceptors (Lipinski definition) is 5. The number of carbonyl (C=O) groups is 4. The number of ketones is 4. The van der Waals surface area contributed by atoms with Crippen LogP contribution in [0.4, 0.5) is 13.2 Å². The smallest absolute Gasteiger partial charge is 0.377 e. The molecule has 190 valence electrons. The van der Waals surface area contributed by atoms with E-state index in [4.69, 9.17) is 0 Å². The van der Waals surface area contributed by atoms with E-state index in [0.29, 0.717) is 44.9 Å². The molecule has 2 unspecified atom stereocenters. The molecule has 4 aliphatic carbocycles. The first-order valence-electron chi connectivity index (χ1n) is 12.6. The molecule has 0 radical (unpaired) electrons. The first-order chi connectivity index (χ1) is 15.7. The molecular formula is C26H35F3O5. The summed E-state index contributed by atoms with van der Waals surface area (Å²) in [5.74, 6) is -1.47. The maximum absolute atomic E-state index is 13.7. The molecule has 0 saturated heterocycles. The Hall–Kier alpha value is -1.57. The van der Waals surface area contributed by atoms with Crippen molar-refractivity contribution in [3.63, 3.8) is 0 Å². The zero-order valence-electron chi connectivity index (χ0n) is 20.1. The van der Waals surface area contributed by atoms with Gasteiger partial charge in [-0.15, -0.1) is 0 Å². The molecule has 0 aromatic carbocycles. The monoisotopic (exact) mass is 484 g/mol.